The summed E-state index contributed by atoms with van der Waals surface area (Å²) in [7, 11) is 0. The van der Waals surface area contributed by atoms with E-state index in [1.165, 1.54) is 32.1 Å². The molecular weight excluding hydrogens is 304 g/mol. The van der Waals surface area contributed by atoms with E-state index in [1.807, 2.05) is 30.0 Å². The van der Waals surface area contributed by atoms with Gasteiger partial charge >= 0.3 is 0 Å². The molecule has 3 rings (SSSR count). The third-order valence-corrected chi connectivity index (χ3v) is 5.13. The van der Waals surface area contributed by atoms with Crippen LogP contribution >= 0.6 is 0 Å². The van der Waals surface area contributed by atoms with Crippen molar-refractivity contribution in [2.24, 2.45) is 11.7 Å². The van der Waals surface area contributed by atoms with Crippen LogP contribution in [-0.4, -0.2) is 30.2 Å². The minimum Gasteiger partial charge on any atom is -0.454 e. The van der Waals surface area contributed by atoms with Crippen LogP contribution in [0.4, 0.5) is 0 Å². The third kappa shape index (κ3) is 4.01. The molecule has 2 N–H and O–H groups in total. The van der Waals surface area contributed by atoms with E-state index < -0.39 is 0 Å². The first-order valence-corrected chi connectivity index (χ1v) is 9.10. The van der Waals surface area contributed by atoms with Gasteiger partial charge in [0.2, 0.25) is 12.7 Å². The van der Waals surface area contributed by atoms with Gasteiger partial charge < -0.3 is 20.1 Å². The van der Waals surface area contributed by atoms with E-state index in [0.29, 0.717) is 19.0 Å². The number of fused-ring (bicyclic) bond motifs is 1. The second kappa shape index (κ2) is 7.88. The minimum absolute atomic E-state index is 0.0562. The Kier molecular flexibility index (Phi) is 5.61. The number of nitrogens with zero attached hydrogens (tertiary/aromatic N) is 1. The standard InChI is InChI=1S/C19H28N2O3/c1-2-21(12-15-8-9-17-18(11-15)24-13-23-17)19(22)16(20)10-14-6-4-3-5-7-14/h8-9,11,14,16H,2-7,10,12-13,20H2,1H3. The van der Waals surface area contributed by atoms with Gasteiger partial charge in [-0.1, -0.05) is 38.2 Å². The number of carbonyl (C=O) groups excluding carboxylic acids is 1. The number of amides is 1. The van der Waals surface area contributed by atoms with Gasteiger partial charge in [-0.05, 0) is 37.0 Å². The van der Waals surface area contributed by atoms with Crippen molar-refractivity contribution in [3.8, 4) is 11.5 Å². The van der Waals surface area contributed by atoms with Crippen molar-refractivity contribution in [2.45, 2.75) is 58.0 Å². The van der Waals surface area contributed by atoms with Gasteiger partial charge in [-0.15, -0.1) is 0 Å². The Bertz CT molecular complexity index is 570. The number of hydrogen-bond donors (Lipinski definition) is 1. The van der Waals surface area contributed by atoms with Gasteiger partial charge in [0.1, 0.15) is 0 Å². The lowest BCUT2D eigenvalue weighted by Gasteiger charge is -2.28. The highest BCUT2D eigenvalue weighted by molar-refractivity contribution is 5.81. The fourth-order valence-corrected chi connectivity index (χ4v) is 3.72. The molecule has 1 aliphatic carbocycles. The number of hydrogen-bond acceptors (Lipinski definition) is 4. The normalized spacial score (nSPS) is 18.4. The molecule has 1 amide bonds. The van der Waals surface area contributed by atoms with Crippen LogP contribution in [0.5, 0.6) is 11.5 Å². The Balaban J connectivity index is 1.59. The summed E-state index contributed by atoms with van der Waals surface area (Å²) < 4.78 is 10.7. The molecule has 2 aliphatic rings. The van der Waals surface area contributed by atoms with E-state index >= 15 is 0 Å². The molecule has 1 aliphatic heterocycles. The molecule has 132 valence electrons. The molecule has 0 aromatic heterocycles. The molecule has 0 spiro atoms. The van der Waals surface area contributed by atoms with Gasteiger partial charge in [-0.3, -0.25) is 4.79 Å². The topological polar surface area (TPSA) is 64.8 Å². The second-order valence-corrected chi connectivity index (χ2v) is 6.89. The number of rotatable bonds is 6. The Labute approximate surface area is 144 Å². The SMILES string of the molecule is CCN(Cc1ccc2c(c1)OCO2)C(=O)C(N)CC1CCCCC1. The average molecular weight is 332 g/mol. The lowest BCUT2D eigenvalue weighted by Crippen LogP contribution is -2.44. The number of benzene rings is 1. The van der Waals surface area contributed by atoms with Crippen molar-refractivity contribution in [3.05, 3.63) is 23.8 Å². The van der Waals surface area contributed by atoms with E-state index in [4.69, 9.17) is 15.2 Å². The highest BCUT2D eigenvalue weighted by Gasteiger charge is 2.25. The largest absolute Gasteiger partial charge is 0.454 e. The molecule has 5 nitrogen and oxygen atoms in total. The molecule has 0 bridgehead atoms. The summed E-state index contributed by atoms with van der Waals surface area (Å²) in [6.07, 6.45) is 7.13. The lowest BCUT2D eigenvalue weighted by molar-refractivity contribution is -0.133. The molecule has 1 heterocycles. The molecule has 0 radical (unpaired) electrons. The van der Waals surface area contributed by atoms with Gasteiger partial charge in [0.05, 0.1) is 6.04 Å². The van der Waals surface area contributed by atoms with Crippen molar-refractivity contribution < 1.29 is 14.3 Å². The van der Waals surface area contributed by atoms with Gasteiger partial charge in [0.25, 0.3) is 0 Å². The van der Waals surface area contributed by atoms with E-state index in [9.17, 15) is 4.79 Å². The molecule has 1 aromatic carbocycles. The van der Waals surface area contributed by atoms with E-state index in [1.54, 1.807) is 0 Å². The first-order valence-electron chi connectivity index (χ1n) is 9.10. The monoisotopic (exact) mass is 332 g/mol. The lowest BCUT2D eigenvalue weighted by atomic mass is 9.85. The van der Waals surface area contributed by atoms with E-state index in [2.05, 4.69) is 0 Å². The van der Waals surface area contributed by atoms with Crippen molar-refractivity contribution in [1.82, 2.24) is 4.90 Å². The molecule has 24 heavy (non-hydrogen) atoms. The maximum atomic E-state index is 12.7. The summed E-state index contributed by atoms with van der Waals surface area (Å²) in [5, 5.41) is 0. The maximum Gasteiger partial charge on any atom is 0.239 e. The Morgan fingerprint density at radius 2 is 2.00 bits per heavy atom. The predicted octanol–water partition coefficient (Wildman–Crippen LogP) is 3.06. The summed E-state index contributed by atoms with van der Waals surface area (Å²) >= 11 is 0. The van der Waals surface area contributed by atoms with E-state index in [-0.39, 0.29) is 18.7 Å². The number of likely N-dealkylation sites (N-methyl/N-ethyl adjacent to an activating group) is 1. The molecule has 1 atom stereocenters. The molecule has 1 aromatic rings. The molecular formula is C19H28N2O3. The molecule has 1 saturated carbocycles. The van der Waals surface area contributed by atoms with Crippen LogP contribution in [0.1, 0.15) is 51.0 Å². The summed E-state index contributed by atoms with van der Waals surface area (Å²) in [5.74, 6) is 2.19. The smallest absolute Gasteiger partial charge is 0.239 e. The predicted molar refractivity (Wildman–Crippen MR) is 92.8 cm³/mol. The number of carbonyl (C=O) groups is 1. The Morgan fingerprint density at radius 3 is 2.75 bits per heavy atom. The first-order chi connectivity index (χ1) is 11.7. The quantitative estimate of drug-likeness (QED) is 0.869. The second-order valence-electron chi connectivity index (χ2n) is 6.89. The average Bonchev–Trinajstić information content (AvgIpc) is 3.07. The fraction of sp³-hybridized carbons (Fsp3) is 0.632. The summed E-state index contributed by atoms with van der Waals surface area (Å²) in [5.41, 5.74) is 7.27. The fourth-order valence-electron chi connectivity index (χ4n) is 3.72. The zero-order valence-corrected chi connectivity index (χ0v) is 14.5. The molecule has 0 saturated heterocycles. The van der Waals surface area contributed by atoms with Gasteiger partial charge in [-0.2, -0.15) is 0 Å². The van der Waals surface area contributed by atoms with Crippen LogP contribution in [0.15, 0.2) is 18.2 Å². The van der Waals surface area contributed by atoms with Gasteiger partial charge in [0.15, 0.2) is 11.5 Å². The van der Waals surface area contributed by atoms with Crippen LogP contribution < -0.4 is 15.2 Å². The van der Waals surface area contributed by atoms with Crippen LogP contribution in [0.25, 0.3) is 0 Å². The minimum atomic E-state index is -0.387. The zero-order valence-electron chi connectivity index (χ0n) is 14.5. The molecule has 1 unspecified atom stereocenters. The van der Waals surface area contributed by atoms with Crippen LogP contribution in [0.2, 0.25) is 0 Å². The summed E-state index contributed by atoms with van der Waals surface area (Å²) in [6.45, 7) is 3.48. The Morgan fingerprint density at radius 1 is 1.25 bits per heavy atom. The van der Waals surface area contributed by atoms with Gasteiger partial charge in [0, 0.05) is 13.1 Å². The van der Waals surface area contributed by atoms with Crippen molar-refractivity contribution >= 4 is 5.91 Å². The van der Waals surface area contributed by atoms with Crippen LogP contribution in [0, 0.1) is 5.92 Å². The highest BCUT2D eigenvalue weighted by atomic mass is 16.7. The van der Waals surface area contributed by atoms with Gasteiger partial charge in [-0.25, -0.2) is 0 Å². The van der Waals surface area contributed by atoms with Crippen molar-refractivity contribution in [3.63, 3.8) is 0 Å². The molecule has 5 heteroatoms. The summed E-state index contributed by atoms with van der Waals surface area (Å²) in [4.78, 5) is 14.6. The summed E-state index contributed by atoms with van der Waals surface area (Å²) in [6, 6.07) is 5.45. The Hall–Kier alpha value is -1.75. The zero-order chi connectivity index (χ0) is 16.9. The van der Waals surface area contributed by atoms with Crippen molar-refractivity contribution in [1.29, 1.82) is 0 Å². The van der Waals surface area contributed by atoms with Crippen LogP contribution in [-0.2, 0) is 11.3 Å². The van der Waals surface area contributed by atoms with Crippen LogP contribution in [0.3, 0.4) is 0 Å². The molecule has 1 fully saturated rings. The first kappa shape index (κ1) is 17.1. The number of ether oxygens (including phenoxy) is 2. The third-order valence-electron chi connectivity index (χ3n) is 5.13. The number of nitrogens with two attached hydrogens (primary N) is 1. The van der Waals surface area contributed by atoms with E-state index in [0.717, 1.165) is 23.5 Å². The van der Waals surface area contributed by atoms with Crippen molar-refractivity contribution in [2.75, 3.05) is 13.3 Å². The maximum absolute atomic E-state index is 12.7. The highest BCUT2D eigenvalue weighted by Crippen LogP contribution is 2.33.